The van der Waals surface area contributed by atoms with Gasteiger partial charge in [-0.2, -0.15) is 5.10 Å². The summed E-state index contributed by atoms with van der Waals surface area (Å²) in [4.78, 5) is 13.7. The van der Waals surface area contributed by atoms with Gasteiger partial charge in [0.25, 0.3) is 5.91 Å². The van der Waals surface area contributed by atoms with Gasteiger partial charge in [0.05, 0.1) is 10.6 Å². The summed E-state index contributed by atoms with van der Waals surface area (Å²) in [7, 11) is 0. The van der Waals surface area contributed by atoms with Crippen LogP contribution in [0.4, 0.5) is 0 Å². The predicted molar refractivity (Wildman–Crippen MR) is 87.9 cm³/mol. The second-order valence-electron chi connectivity index (χ2n) is 6.46. The maximum Gasteiger partial charge on any atom is 0.272 e. The topological polar surface area (TPSA) is 46.9 Å². The number of nitrogens with one attached hydrogen (secondary N) is 1. The number of carbonyl (C=O) groups is 1. The minimum absolute atomic E-state index is 0.0115. The lowest BCUT2D eigenvalue weighted by Crippen LogP contribution is -2.38. The standard InChI is InChI=1S/C17H21N3OS/c1-2-20-15(16-4-3-7-22-16)10-14(19-20)17(21)18-13-9-11-5-6-12(13)8-11/h3-4,7,10-13H,2,5-6,8-9H2,1H3,(H,18,21). The van der Waals surface area contributed by atoms with E-state index >= 15 is 0 Å². The van der Waals surface area contributed by atoms with Gasteiger partial charge in [-0.05, 0) is 55.5 Å². The van der Waals surface area contributed by atoms with Gasteiger partial charge in [-0.25, -0.2) is 0 Å². The second kappa shape index (κ2) is 5.54. The normalized spacial score (nSPS) is 26.5. The highest BCUT2D eigenvalue weighted by Gasteiger charge is 2.40. The fourth-order valence-electron chi connectivity index (χ4n) is 4.06. The Morgan fingerprint density at radius 2 is 2.36 bits per heavy atom. The molecule has 3 unspecified atom stereocenters. The van der Waals surface area contributed by atoms with Crippen molar-refractivity contribution >= 4 is 17.2 Å². The number of amides is 1. The molecule has 2 heterocycles. The van der Waals surface area contributed by atoms with Gasteiger partial charge in [0, 0.05) is 12.6 Å². The first-order valence-electron chi connectivity index (χ1n) is 8.17. The first-order valence-corrected chi connectivity index (χ1v) is 9.05. The Morgan fingerprint density at radius 3 is 3.00 bits per heavy atom. The molecule has 0 spiro atoms. The zero-order valence-corrected chi connectivity index (χ0v) is 13.6. The second-order valence-corrected chi connectivity index (χ2v) is 7.41. The van der Waals surface area contributed by atoms with E-state index in [1.165, 1.54) is 19.3 Å². The van der Waals surface area contributed by atoms with Crippen molar-refractivity contribution in [2.75, 3.05) is 0 Å². The number of hydrogen-bond donors (Lipinski definition) is 1. The summed E-state index contributed by atoms with van der Waals surface area (Å²) >= 11 is 1.68. The Balaban J connectivity index is 1.53. The van der Waals surface area contributed by atoms with Gasteiger partial charge in [-0.3, -0.25) is 9.48 Å². The van der Waals surface area contributed by atoms with Crippen LogP contribution in [0.25, 0.3) is 10.6 Å². The third-order valence-corrected chi connectivity index (χ3v) is 6.03. The average molecular weight is 315 g/mol. The Bertz CT molecular complexity index is 676. The van der Waals surface area contributed by atoms with Gasteiger partial charge in [-0.15, -0.1) is 11.3 Å². The summed E-state index contributed by atoms with van der Waals surface area (Å²) < 4.78 is 1.92. The predicted octanol–water partition coefficient (Wildman–Crippen LogP) is 3.55. The van der Waals surface area contributed by atoms with Crippen LogP contribution in [0.1, 0.15) is 43.1 Å². The van der Waals surface area contributed by atoms with Crippen molar-refractivity contribution in [1.29, 1.82) is 0 Å². The first-order chi connectivity index (χ1) is 10.7. The fraction of sp³-hybridized carbons (Fsp3) is 0.529. The molecule has 2 bridgehead atoms. The van der Waals surface area contributed by atoms with Crippen molar-refractivity contribution in [1.82, 2.24) is 15.1 Å². The molecule has 116 valence electrons. The Kier molecular flexibility index (Phi) is 3.53. The molecule has 2 aliphatic carbocycles. The van der Waals surface area contributed by atoms with E-state index in [-0.39, 0.29) is 5.91 Å². The summed E-state index contributed by atoms with van der Waals surface area (Å²) in [5.74, 6) is 1.52. The van der Waals surface area contributed by atoms with Gasteiger partial charge >= 0.3 is 0 Å². The number of hydrogen-bond acceptors (Lipinski definition) is 3. The molecule has 2 aromatic heterocycles. The van der Waals surface area contributed by atoms with E-state index in [1.807, 2.05) is 16.8 Å². The van der Waals surface area contributed by atoms with Crippen LogP contribution in [-0.4, -0.2) is 21.7 Å². The fourth-order valence-corrected chi connectivity index (χ4v) is 4.80. The van der Waals surface area contributed by atoms with Crippen LogP contribution in [-0.2, 0) is 6.54 Å². The molecule has 4 rings (SSSR count). The molecular formula is C17H21N3OS. The molecule has 2 aliphatic rings. The van der Waals surface area contributed by atoms with Gasteiger partial charge in [-0.1, -0.05) is 12.5 Å². The van der Waals surface area contributed by atoms with Crippen LogP contribution in [0.2, 0.25) is 0 Å². The van der Waals surface area contributed by atoms with Crippen molar-refractivity contribution in [2.45, 2.75) is 45.2 Å². The van der Waals surface area contributed by atoms with Crippen LogP contribution in [0.3, 0.4) is 0 Å². The van der Waals surface area contributed by atoms with E-state index in [0.29, 0.717) is 17.7 Å². The molecule has 3 atom stereocenters. The molecule has 2 aromatic rings. The molecule has 22 heavy (non-hydrogen) atoms. The molecule has 2 fully saturated rings. The van der Waals surface area contributed by atoms with E-state index in [9.17, 15) is 4.79 Å². The Morgan fingerprint density at radius 1 is 1.45 bits per heavy atom. The van der Waals surface area contributed by atoms with Gasteiger partial charge in [0.1, 0.15) is 0 Å². The number of thiophene rings is 1. The average Bonchev–Trinajstić information content (AvgIpc) is 3.28. The van der Waals surface area contributed by atoms with E-state index in [4.69, 9.17) is 0 Å². The summed E-state index contributed by atoms with van der Waals surface area (Å²) in [5.41, 5.74) is 1.59. The molecule has 2 saturated carbocycles. The maximum atomic E-state index is 12.5. The number of aromatic nitrogens is 2. The molecular weight excluding hydrogens is 294 g/mol. The van der Waals surface area contributed by atoms with E-state index < -0.39 is 0 Å². The van der Waals surface area contributed by atoms with Crippen LogP contribution in [0.5, 0.6) is 0 Å². The monoisotopic (exact) mass is 315 g/mol. The maximum absolute atomic E-state index is 12.5. The highest BCUT2D eigenvalue weighted by atomic mass is 32.1. The van der Waals surface area contributed by atoms with Crippen molar-refractivity contribution in [3.05, 3.63) is 29.3 Å². The van der Waals surface area contributed by atoms with Crippen molar-refractivity contribution < 1.29 is 4.79 Å². The lowest BCUT2D eigenvalue weighted by molar-refractivity contribution is 0.0917. The summed E-state index contributed by atoms with van der Waals surface area (Å²) in [6.45, 7) is 2.83. The molecule has 1 amide bonds. The molecule has 1 N–H and O–H groups in total. The summed E-state index contributed by atoms with van der Waals surface area (Å²) in [6.07, 6.45) is 5.08. The molecule has 0 saturated heterocycles. The number of carbonyl (C=O) groups excluding carboxylic acids is 1. The van der Waals surface area contributed by atoms with Crippen LogP contribution in [0.15, 0.2) is 23.6 Å². The highest BCUT2D eigenvalue weighted by molar-refractivity contribution is 7.13. The minimum Gasteiger partial charge on any atom is -0.348 e. The largest absolute Gasteiger partial charge is 0.348 e. The van der Waals surface area contributed by atoms with Gasteiger partial charge < -0.3 is 5.32 Å². The van der Waals surface area contributed by atoms with Crippen molar-refractivity contribution in [2.24, 2.45) is 11.8 Å². The van der Waals surface area contributed by atoms with E-state index in [2.05, 4.69) is 28.8 Å². The van der Waals surface area contributed by atoms with E-state index in [0.717, 1.165) is 29.5 Å². The number of aryl methyl sites for hydroxylation is 1. The minimum atomic E-state index is -0.0115. The molecule has 4 nitrogen and oxygen atoms in total. The summed E-state index contributed by atoms with van der Waals surface area (Å²) in [6, 6.07) is 6.40. The molecule has 5 heteroatoms. The van der Waals surface area contributed by atoms with E-state index in [1.54, 1.807) is 11.3 Å². The number of nitrogens with zero attached hydrogens (tertiary/aromatic N) is 2. The zero-order valence-electron chi connectivity index (χ0n) is 12.8. The lowest BCUT2D eigenvalue weighted by atomic mass is 9.95. The lowest BCUT2D eigenvalue weighted by Gasteiger charge is -2.22. The van der Waals surface area contributed by atoms with Gasteiger partial charge in [0.15, 0.2) is 5.69 Å². The van der Waals surface area contributed by atoms with Crippen LogP contribution < -0.4 is 5.32 Å². The van der Waals surface area contributed by atoms with Crippen molar-refractivity contribution in [3.63, 3.8) is 0 Å². The first kappa shape index (κ1) is 14.0. The smallest absolute Gasteiger partial charge is 0.272 e. The Hall–Kier alpha value is -1.62. The van der Waals surface area contributed by atoms with Crippen molar-refractivity contribution in [3.8, 4) is 10.6 Å². The molecule has 0 radical (unpaired) electrons. The third kappa shape index (κ3) is 2.37. The van der Waals surface area contributed by atoms with Crippen LogP contribution >= 0.6 is 11.3 Å². The number of rotatable bonds is 4. The third-order valence-electron chi connectivity index (χ3n) is 5.14. The van der Waals surface area contributed by atoms with Crippen LogP contribution in [0, 0.1) is 11.8 Å². The quantitative estimate of drug-likeness (QED) is 0.938. The molecule has 0 aliphatic heterocycles. The summed E-state index contributed by atoms with van der Waals surface area (Å²) in [5, 5.41) is 9.78. The molecule has 0 aromatic carbocycles. The SMILES string of the molecule is CCn1nc(C(=O)NC2CC3CCC2C3)cc1-c1cccs1. The van der Waals surface area contributed by atoms with Gasteiger partial charge in [0.2, 0.25) is 0 Å². The number of fused-ring (bicyclic) bond motifs is 2. The zero-order chi connectivity index (χ0) is 15.1. The highest BCUT2D eigenvalue weighted by Crippen LogP contribution is 2.44. The Labute approximate surface area is 134 Å².